The topological polar surface area (TPSA) is 67.4 Å². The molecule has 2 unspecified atom stereocenters. The Bertz CT molecular complexity index is 546. The second-order valence-corrected chi connectivity index (χ2v) is 6.76. The van der Waals surface area contributed by atoms with E-state index in [-0.39, 0.29) is 23.1 Å². The predicted molar refractivity (Wildman–Crippen MR) is 84.3 cm³/mol. The van der Waals surface area contributed by atoms with E-state index in [4.69, 9.17) is 4.74 Å². The molecule has 5 nitrogen and oxygen atoms in total. The van der Waals surface area contributed by atoms with Crippen LogP contribution >= 0.6 is 0 Å². The highest BCUT2D eigenvalue weighted by atomic mass is 16.5. The molecule has 0 radical (unpaired) electrons. The molecule has 1 saturated heterocycles. The first kappa shape index (κ1) is 16.3. The summed E-state index contributed by atoms with van der Waals surface area (Å²) in [6.45, 7) is 7.14. The summed E-state index contributed by atoms with van der Waals surface area (Å²) in [5.41, 5.74) is 0.876. The third kappa shape index (κ3) is 3.59. The zero-order valence-electron chi connectivity index (χ0n) is 13.6. The van der Waals surface area contributed by atoms with Gasteiger partial charge in [0.2, 0.25) is 11.8 Å². The van der Waals surface area contributed by atoms with Gasteiger partial charge in [0.1, 0.15) is 11.7 Å². The first-order chi connectivity index (χ1) is 10.3. The van der Waals surface area contributed by atoms with Crippen molar-refractivity contribution < 1.29 is 14.3 Å². The number of amides is 2. The van der Waals surface area contributed by atoms with Gasteiger partial charge in [0, 0.05) is 19.0 Å². The van der Waals surface area contributed by atoms with Crippen LogP contribution in [0.15, 0.2) is 24.3 Å². The number of ether oxygens (including phenoxy) is 1. The second-order valence-electron chi connectivity index (χ2n) is 6.76. The highest BCUT2D eigenvalue weighted by Crippen LogP contribution is 2.35. The average Bonchev–Trinajstić information content (AvgIpc) is 2.87. The summed E-state index contributed by atoms with van der Waals surface area (Å²) in [5.74, 6) is -0.204. The van der Waals surface area contributed by atoms with E-state index >= 15 is 0 Å². The van der Waals surface area contributed by atoms with E-state index in [1.165, 1.54) is 0 Å². The maximum atomic E-state index is 12.4. The van der Waals surface area contributed by atoms with Crippen LogP contribution in [0.1, 0.15) is 26.3 Å². The fourth-order valence-electron chi connectivity index (χ4n) is 2.77. The van der Waals surface area contributed by atoms with E-state index in [1.807, 2.05) is 24.3 Å². The highest BCUT2D eigenvalue weighted by molar-refractivity contribution is 6.02. The summed E-state index contributed by atoms with van der Waals surface area (Å²) >= 11 is 0. The van der Waals surface area contributed by atoms with Crippen LogP contribution < -0.4 is 15.4 Å². The Balaban J connectivity index is 1.99. The lowest BCUT2D eigenvalue weighted by Gasteiger charge is -2.29. The molecule has 0 aliphatic carbocycles. The molecular formula is C17H24N2O3. The molecule has 1 aromatic rings. The lowest BCUT2D eigenvalue weighted by molar-refractivity contribution is -0.135. The molecule has 0 saturated carbocycles. The summed E-state index contributed by atoms with van der Waals surface area (Å²) in [7, 11) is 1.61. The van der Waals surface area contributed by atoms with E-state index in [2.05, 4.69) is 31.4 Å². The number of carbonyl (C=O) groups excluding carboxylic acids is 2. The second kappa shape index (κ2) is 6.38. The number of benzene rings is 1. The van der Waals surface area contributed by atoms with E-state index in [0.29, 0.717) is 13.1 Å². The molecule has 0 spiro atoms. The Morgan fingerprint density at radius 2 is 1.95 bits per heavy atom. The monoisotopic (exact) mass is 304 g/mol. The zero-order valence-corrected chi connectivity index (χ0v) is 13.6. The minimum atomic E-state index is -0.613. The van der Waals surface area contributed by atoms with Gasteiger partial charge >= 0.3 is 0 Å². The van der Waals surface area contributed by atoms with Crippen molar-refractivity contribution in [1.29, 1.82) is 0 Å². The van der Waals surface area contributed by atoms with Crippen molar-refractivity contribution in [2.75, 3.05) is 13.7 Å². The molecule has 0 aromatic heterocycles. The SMILES string of the molecule is COc1ccc(CNC(=O)C2C(=O)NCC2C(C)(C)C)cc1. The number of methoxy groups -OCH3 is 1. The lowest BCUT2D eigenvalue weighted by Crippen LogP contribution is -2.40. The average molecular weight is 304 g/mol. The number of nitrogens with one attached hydrogen (secondary N) is 2. The molecule has 2 amide bonds. The molecule has 1 heterocycles. The van der Waals surface area contributed by atoms with E-state index in [0.717, 1.165) is 11.3 Å². The normalized spacial score (nSPS) is 21.4. The van der Waals surface area contributed by atoms with Crippen LogP contribution in [0.5, 0.6) is 5.75 Å². The molecule has 1 fully saturated rings. The third-order valence-electron chi connectivity index (χ3n) is 4.20. The molecule has 1 aliphatic rings. The van der Waals surface area contributed by atoms with Gasteiger partial charge in [-0.2, -0.15) is 0 Å². The van der Waals surface area contributed by atoms with Crippen molar-refractivity contribution in [1.82, 2.24) is 10.6 Å². The molecule has 2 rings (SSSR count). The van der Waals surface area contributed by atoms with Gasteiger partial charge in [-0.15, -0.1) is 0 Å². The largest absolute Gasteiger partial charge is 0.497 e. The maximum absolute atomic E-state index is 12.4. The van der Waals surface area contributed by atoms with Crippen LogP contribution in [0.4, 0.5) is 0 Å². The molecule has 1 aromatic carbocycles. The number of hydrogen-bond acceptors (Lipinski definition) is 3. The minimum absolute atomic E-state index is 0.0101. The number of carbonyl (C=O) groups is 2. The van der Waals surface area contributed by atoms with Crippen LogP contribution in [0.25, 0.3) is 0 Å². The Labute approximate surface area is 131 Å². The first-order valence-corrected chi connectivity index (χ1v) is 7.51. The fourth-order valence-corrected chi connectivity index (χ4v) is 2.77. The van der Waals surface area contributed by atoms with Crippen molar-refractivity contribution in [3.8, 4) is 5.75 Å². The molecular weight excluding hydrogens is 280 g/mol. The fraction of sp³-hybridized carbons (Fsp3) is 0.529. The summed E-state index contributed by atoms with van der Waals surface area (Å²) in [6, 6.07) is 7.49. The van der Waals surface area contributed by atoms with Crippen LogP contribution in [0, 0.1) is 17.3 Å². The summed E-state index contributed by atoms with van der Waals surface area (Å²) < 4.78 is 5.10. The van der Waals surface area contributed by atoms with Crippen LogP contribution in [-0.4, -0.2) is 25.5 Å². The summed E-state index contributed by atoms with van der Waals surface area (Å²) in [6.07, 6.45) is 0. The smallest absolute Gasteiger partial charge is 0.233 e. The van der Waals surface area contributed by atoms with Crippen molar-refractivity contribution >= 4 is 11.8 Å². The Morgan fingerprint density at radius 1 is 1.32 bits per heavy atom. The Hall–Kier alpha value is -2.04. The van der Waals surface area contributed by atoms with Gasteiger partial charge in [-0.3, -0.25) is 9.59 Å². The predicted octanol–water partition coefficient (Wildman–Crippen LogP) is 1.72. The van der Waals surface area contributed by atoms with Crippen LogP contribution in [0.2, 0.25) is 0 Å². The van der Waals surface area contributed by atoms with Crippen molar-refractivity contribution in [3.63, 3.8) is 0 Å². The maximum Gasteiger partial charge on any atom is 0.233 e. The molecule has 22 heavy (non-hydrogen) atoms. The minimum Gasteiger partial charge on any atom is -0.497 e. The van der Waals surface area contributed by atoms with Gasteiger partial charge in [-0.1, -0.05) is 32.9 Å². The van der Waals surface area contributed by atoms with Crippen LogP contribution in [0.3, 0.4) is 0 Å². The lowest BCUT2D eigenvalue weighted by atomic mass is 9.74. The Kier molecular flexibility index (Phi) is 4.74. The summed E-state index contributed by atoms with van der Waals surface area (Å²) in [5, 5.41) is 5.67. The molecule has 120 valence electrons. The third-order valence-corrected chi connectivity index (χ3v) is 4.20. The van der Waals surface area contributed by atoms with Gasteiger partial charge in [-0.05, 0) is 23.1 Å². The quantitative estimate of drug-likeness (QED) is 0.832. The van der Waals surface area contributed by atoms with Crippen molar-refractivity contribution in [2.45, 2.75) is 27.3 Å². The van der Waals surface area contributed by atoms with Gasteiger partial charge in [-0.25, -0.2) is 0 Å². The first-order valence-electron chi connectivity index (χ1n) is 7.51. The van der Waals surface area contributed by atoms with Crippen LogP contribution in [-0.2, 0) is 16.1 Å². The van der Waals surface area contributed by atoms with Gasteiger partial charge in [0.05, 0.1) is 7.11 Å². The summed E-state index contributed by atoms with van der Waals surface area (Å²) in [4.78, 5) is 24.4. The Morgan fingerprint density at radius 3 is 2.50 bits per heavy atom. The number of hydrogen-bond donors (Lipinski definition) is 2. The zero-order chi connectivity index (χ0) is 16.3. The standard InChI is InChI=1S/C17H24N2O3/c1-17(2,3)13-10-19-16(21)14(13)15(20)18-9-11-5-7-12(22-4)8-6-11/h5-8,13-14H,9-10H2,1-4H3,(H,18,20)(H,19,21). The van der Waals surface area contributed by atoms with Gasteiger partial charge in [0.15, 0.2) is 0 Å². The van der Waals surface area contributed by atoms with E-state index < -0.39 is 5.92 Å². The highest BCUT2D eigenvalue weighted by Gasteiger charge is 2.45. The van der Waals surface area contributed by atoms with E-state index in [9.17, 15) is 9.59 Å². The van der Waals surface area contributed by atoms with Gasteiger partial charge in [0.25, 0.3) is 0 Å². The number of rotatable bonds is 4. The van der Waals surface area contributed by atoms with E-state index in [1.54, 1.807) is 7.11 Å². The van der Waals surface area contributed by atoms with Crippen molar-refractivity contribution in [3.05, 3.63) is 29.8 Å². The molecule has 2 N–H and O–H groups in total. The van der Waals surface area contributed by atoms with Gasteiger partial charge < -0.3 is 15.4 Å². The molecule has 0 bridgehead atoms. The van der Waals surface area contributed by atoms with Crippen molar-refractivity contribution in [2.24, 2.45) is 17.3 Å². The molecule has 5 heteroatoms. The molecule has 2 atom stereocenters. The molecule has 1 aliphatic heterocycles.